The monoisotopic (exact) mass is 272 g/mol. The Balaban J connectivity index is 2.53. The van der Waals surface area contributed by atoms with Gasteiger partial charge in [-0.1, -0.05) is 23.2 Å². The van der Waals surface area contributed by atoms with E-state index in [1.54, 1.807) is 12.1 Å². The fourth-order valence-electron chi connectivity index (χ4n) is 1.32. The zero-order valence-electron chi connectivity index (χ0n) is 8.26. The molecule has 0 bridgehead atoms. The molecule has 2 rings (SSSR count). The lowest BCUT2D eigenvalue weighted by Gasteiger charge is -2.02. The summed E-state index contributed by atoms with van der Waals surface area (Å²) in [5, 5.41) is 22.6. The molecule has 0 amide bonds. The van der Waals surface area contributed by atoms with Gasteiger partial charge >= 0.3 is 5.97 Å². The van der Waals surface area contributed by atoms with E-state index in [0.29, 0.717) is 15.7 Å². The Morgan fingerprint density at radius 3 is 2.29 bits per heavy atom. The molecule has 88 valence electrons. The average Bonchev–Trinajstić information content (AvgIpc) is 2.59. The second-order valence-electron chi connectivity index (χ2n) is 3.24. The van der Waals surface area contributed by atoms with Gasteiger partial charge in [-0.15, -0.1) is 0 Å². The Hall–Kier alpha value is -1.72. The maximum Gasteiger partial charge on any atom is 0.360 e. The van der Waals surface area contributed by atoms with Crippen molar-refractivity contribution in [3.63, 3.8) is 0 Å². The van der Waals surface area contributed by atoms with Crippen LogP contribution in [0.25, 0.3) is 5.69 Å². The zero-order valence-corrected chi connectivity index (χ0v) is 9.77. The van der Waals surface area contributed by atoms with Gasteiger partial charge in [0.2, 0.25) is 5.69 Å². The first kappa shape index (κ1) is 11.8. The van der Waals surface area contributed by atoms with Crippen LogP contribution in [0.3, 0.4) is 0 Å². The molecule has 0 aliphatic rings. The predicted molar refractivity (Wildman–Crippen MR) is 62.2 cm³/mol. The number of aromatic carboxylic acids is 1. The molecule has 0 fully saturated rings. The Morgan fingerprint density at radius 1 is 1.24 bits per heavy atom. The lowest BCUT2D eigenvalue weighted by atomic mass is 10.3. The van der Waals surface area contributed by atoms with Crippen LogP contribution in [-0.2, 0) is 0 Å². The van der Waals surface area contributed by atoms with Crippen molar-refractivity contribution in [2.45, 2.75) is 0 Å². The van der Waals surface area contributed by atoms with Gasteiger partial charge in [-0.3, -0.25) is 0 Å². The highest BCUT2D eigenvalue weighted by Crippen LogP contribution is 2.24. The number of hydrogen-bond donors (Lipinski definition) is 2. The highest BCUT2D eigenvalue weighted by atomic mass is 35.5. The number of hydrogen-bond acceptors (Lipinski definition) is 3. The number of aromatic hydroxyl groups is 1. The van der Waals surface area contributed by atoms with Gasteiger partial charge in [0, 0.05) is 10.0 Å². The lowest BCUT2D eigenvalue weighted by molar-refractivity contribution is 0.0687. The van der Waals surface area contributed by atoms with Gasteiger partial charge in [0.1, 0.15) is 0 Å². The summed E-state index contributed by atoms with van der Waals surface area (Å²) in [7, 11) is 0. The van der Waals surface area contributed by atoms with Crippen molar-refractivity contribution >= 4 is 29.2 Å². The summed E-state index contributed by atoms with van der Waals surface area (Å²) in [5.41, 5.74) is 0.0337. The minimum Gasteiger partial charge on any atom is -0.504 e. The predicted octanol–water partition coefficient (Wildman–Crippen LogP) is 2.58. The van der Waals surface area contributed by atoms with Gasteiger partial charge in [-0.25, -0.2) is 9.48 Å². The van der Waals surface area contributed by atoms with Crippen molar-refractivity contribution < 1.29 is 15.0 Å². The van der Waals surface area contributed by atoms with Crippen LogP contribution in [0.15, 0.2) is 24.4 Å². The highest BCUT2D eigenvalue weighted by molar-refractivity contribution is 6.34. The third-order valence-corrected chi connectivity index (χ3v) is 2.45. The first-order valence-electron chi connectivity index (χ1n) is 4.46. The molecule has 0 saturated heterocycles. The van der Waals surface area contributed by atoms with Crippen molar-refractivity contribution in [1.82, 2.24) is 9.78 Å². The molecule has 0 aliphatic carbocycles. The smallest absolute Gasteiger partial charge is 0.360 e. The molecule has 0 unspecified atom stereocenters. The molecule has 0 aliphatic heterocycles. The van der Waals surface area contributed by atoms with Gasteiger partial charge in [0.25, 0.3) is 0 Å². The second kappa shape index (κ2) is 4.27. The summed E-state index contributed by atoms with van der Waals surface area (Å²) < 4.78 is 1.19. The normalized spacial score (nSPS) is 10.5. The van der Waals surface area contributed by atoms with Crippen LogP contribution in [0.5, 0.6) is 5.75 Å². The van der Waals surface area contributed by atoms with Gasteiger partial charge < -0.3 is 10.2 Å². The number of carboxylic acids is 1. The van der Waals surface area contributed by atoms with Crippen molar-refractivity contribution in [3.8, 4) is 11.4 Å². The molecule has 0 atom stereocenters. The average molecular weight is 273 g/mol. The molecular formula is C10H6Cl2N2O3. The van der Waals surface area contributed by atoms with Crippen LogP contribution in [0.2, 0.25) is 10.0 Å². The van der Waals surface area contributed by atoms with Crippen LogP contribution in [-0.4, -0.2) is 26.0 Å². The summed E-state index contributed by atoms with van der Waals surface area (Å²) in [4.78, 5) is 10.7. The number of aromatic nitrogens is 2. The molecule has 17 heavy (non-hydrogen) atoms. The number of benzene rings is 1. The van der Waals surface area contributed by atoms with Crippen molar-refractivity contribution in [2.75, 3.05) is 0 Å². The molecule has 1 aromatic carbocycles. The van der Waals surface area contributed by atoms with Gasteiger partial charge in [0.15, 0.2) is 5.75 Å². The molecule has 1 aromatic heterocycles. The summed E-state index contributed by atoms with van der Waals surface area (Å²) in [6.07, 6.45) is 1.17. The van der Waals surface area contributed by atoms with Crippen LogP contribution in [0.1, 0.15) is 10.5 Å². The maximum absolute atomic E-state index is 10.7. The van der Waals surface area contributed by atoms with Crippen LogP contribution in [0, 0.1) is 0 Å². The molecule has 5 nitrogen and oxygen atoms in total. The topological polar surface area (TPSA) is 75.3 Å². The molecule has 0 radical (unpaired) electrons. The number of halogens is 2. The van der Waals surface area contributed by atoms with E-state index in [9.17, 15) is 9.90 Å². The number of carboxylic acid groups (broad SMARTS) is 1. The molecule has 1 heterocycles. The molecule has 0 spiro atoms. The van der Waals surface area contributed by atoms with Crippen molar-refractivity contribution in [2.24, 2.45) is 0 Å². The molecular weight excluding hydrogens is 267 g/mol. The second-order valence-corrected chi connectivity index (χ2v) is 4.11. The van der Waals surface area contributed by atoms with E-state index in [1.165, 1.54) is 16.9 Å². The van der Waals surface area contributed by atoms with Crippen molar-refractivity contribution in [1.29, 1.82) is 0 Å². The fourth-order valence-corrected chi connectivity index (χ4v) is 1.84. The highest BCUT2D eigenvalue weighted by Gasteiger charge is 2.15. The number of carbonyl (C=O) groups is 1. The van der Waals surface area contributed by atoms with Gasteiger partial charge in [0.05, 0.1) is 11.9 Å². The first-order chi connectivity index (χ1) is 7.97. The van der Waals surface area contributed by atoms with Crippen LogP contribution < -0.4 is 0 Å². The van der Waals surface area contributed by atoms with E-state index >= 15 is 0 Å². The SMILES string of the molecule is O=C(O)c1nn(-c2cc(Cl)cc(Cl)c2)cc1O. The Bertz CT molecular complexity index is 575. The summed E-state index contributed by atoms with van der Waals surface area (Å²) in [6.45, 7) is 0. The van der Waals surface area contributed by atoms with E-state index in [1.807, 2.05) is 0 Å². The minimum absolute atomic E-state index is 0.388. The van der Waals surface area contributed by atoms with E-state index in [4.69, 9.17) is 28.3 Å². The van der Waals surface area contributed by atoms with E-state index < -0.39 is 17.4 Å². The Labute approximate surface area is 106 Å². The maximum atomic E-state index is 10.7. The quantitative estimate of drug-likeness (QED) is 0.881. The third kappa shape index (κ3) is 2.35. The number of rotatable bonds is 2. The molecule has 0 saturated carbocycles. The first-order valence-corrected chi connectivity index (χ1v) is 5.21. The molecule has 7 heteroatoms. The van der Waals surface area contributed by atoms with Crippen molar-refractivity contribution in [3.05, 3.63) is 40.1 Å². The minimum atomic E-state index is -1.31. The lowest BCUT2D eigenvalue weighted by Crippen LogP contribution is -2.01. The third-order valence-electron chi connectivity index (χ3n) is 2.01. The molecule has 2 N–H and O–H groups in total. The number of nitrogens with zero attached hydrogens (tertiary/aromatic N) is 2. The zero-order chi connectivity index (χ0) is 12.6. The summed E-state index contributed by atoms with van der Waals surface area (Å²) in [6, 6.07) is 4.63. The van der Waals surface area contributed by atoms with Gasteiger partial charge in [-0.2, -0.15) is 5.10 Å². The van der Waals surface area contributed by atoms with E-state index in [0.717, 1.165) is 0 Å². The van der Waals surface area contributed by atoms with Crippen LogP contribution >= 0.6 is 23.2 Å². The largest absolute Gasteiger partial charge is 0.504 e. The Morgan fingerprint density at radius 2 is 1.82 bits per heavy atom. The van der Waals surface area contributed by atoms with Gasteiger partial charge in [-0.05, 0) is 18.2 Å². The molecule has 2 aromatic rings. The van der Waals surface area contributed by atoms with E-state index in [2.05, 4.69) is 5.10 Å². The van der Waals surface area contributed by atoms with E-state index in [-0.39, 0.29) is 0 Å². The van der Waals surface area contributed by atoms with Crippen LogP contribution in [0.4, 0.5) is 0 Å². The summed E-state index contributed by atoms with van der Waals surface area (Å²) >= 11 is 11.6. The standard InChI is InChI=1S/C10H6Cl2N2O3/c11-5-1-6(12)3-7(2-5)14-4-8(15)9(13-14)10(16)17/h1-4,15H,(H,16,17). The fraction of sp³-hybridized carbons (Fsp3) is 0. The summed E-state index contributed by atoms with van der Waals surface area (Å²) in [5.74, 6) is -1.73. The Kier molecular flexibility index (Phi) is 2.95.